The molecular formula is C27H35NO3. The number of hydrogen-bond donors (Lipinski definition) is 0. The van der Waals surface area contributed by atoms with Gasteiger partial charge in [-0.15, -0.1) is 0 Å². The minimum absolute atomic E-state index is 0.0178. The van der Waals surface area contributed by atoms with Crippen molar-refractivity contribution in [3.05, 3.63) is 42.0 Å². The molecule has 3 fully saturated rings. The molecule has 0 aromatic heterocycles. The van der Waals surface area contributed by atoms with E-state index in [0.29, 0.717) is 24.5 Å². The summed E-state index contributed by atoms with van der Waals surface area (Å²) in [4.78, 5) is 14.7. The molecule has 4 heteroatoms. The number of likely N-dealkylation sites (tertiary alicyclic amines) is 1. The van der Waals surface area contributed by atoms with E-state index in [2.05, 4.69) is 41.3 Å². The SMILES string of the molecule is CCOC(=O)C1CC2CN(Cc3ccc4c(OC5CCCCC5)cccc4c3)CC2C1. The van der Waals surface area contributed by atoms with E-state index in [4.69, 9.17) is 9.47 Å². The van der Waals surface area contributed by atoms with E-state index in [1.807, 2.05) is 6.92 Å². The van der Waals surface area contributed by atoms with Crippen molar-refractivity contribution in [3.8, 4) is 5.75 Å². The summed E-state index contributed by atoms with van der Waals surface area (Å²) < 4.78 is 11.6. The molecule has 5 rings (SSSR count). The van der Waals surface area contributed by atoms with Crippen LogP contribution in [0.5, 0.6) is 5.75 Å². The maximum Gasteiger partial charge on any atom is 0.308 e. The lowest BCUT2D eigenvalue weighted by molar-refractivity contribution is -0.148. The first-order chi connectivity index (χ1) is 15.2. The number of esters is 1. The van der Waals surface area contributed by atoms with Gasteiger partial charge in [-0.2, -0.15) is 0 Å². The molecule has 2 unspecified atom stereocenters. The number of carbonyl (C=O) groups excluding carboxylic acids is 1. The summed E-state index contributed by atoms with van der Waals surface area (Å²) in [6, 6.07) is 13.3. The van der Waals surface area contributed by atoms with Gasteiger partial charge in [-0.05, 0) is 80.4 Å². The van der Waals surface area contributed by atoms with E-state index >= 15 is 0 Å². The Morgan fingerprint density at radius 1 is 1.03 bits per heavy atom. The normalized spacial score (nSPS) is 26.8. The lowest BCUT2D eigenvalue weighted by atomic mass is 9.97. The van der Waals surface area contributed by atoms with Crippen molar-refractivity contribution in [1.82, 2.24) is 4.90 Å². The van der Waals surface area contributed by atoms with Gasteiger partial charge in [-0.25, -0.2) is 0 Å². The van der Waals surface area contributed by atoms with Gasteiger partial charge in [-0.1, -0.05) is 30.7 Å². The molecule has 1 aliphatic heterocycles. The van der Waals surface area contributed by atoms with Crippen molar-refractivity contribution in [3.63, 3.8) is 0 Å². The summed E-state index contributed by atoms with van der Waals surface area (Å²) in [5, 5.41) is 2.50. The molecule has 2 aromatic carbocycles. The summed E-state index contributed by atoms with van der Waals surface area (Å²) >= 11 is 0. The van der Waals surface area contributed by atoms with Crippen LogP contribution < -0.4 is 4.74 Å². The molecule has 1 heterocycles. The molecular weight excluding hydrogens is 386 g/mol. The largest absolute Gasteiger partial charge is 0.490 e. The highest BCUT2D eigenvalue weighted by atomic mass is 16.5. The molecule has 2 saturated carbocycles. The highest BCUT2D eigenvalue weighted by molar-refractivity contribution is 5.88. The second-order valence-corrected chi connectivity index (χ2v) is 9.82. The third-order valence-corrected chi connectivity index (χ3v) is 7.60. The van der Waals surface area contributed by atoms with E-state index in [9.17, 15) is 4.79 Å². The number of ether oxygens (including phenoxy) is 2. The van der Waals surface area contributed by atoms with Crippen molar-refractivity contribution < 1.29 is 14.3 Å². The first-order valence-corrected chi connectivity index (χ1v) is 12.3. The molecule has 2 aliphatic carbocycles. The molecule has 4 nitrogen and oxygen atoms in total. The van der Waals surface area contributed by atoms with E-state index in [0.717, 1.165) is 38.2 Å². The Morgan fingerprint density at radius 2 is 1.81 bits per heavy atom. The zero-order valence-electron chi connectivity index (χ0n) is 18.7. The van der Waals surface area contributed by atoms with Crippen LogP contribution in [0.4, 0.5) is 0 Å². The van der Waals surface area contributed by atoms with E-state index in [1.54, 1.807) is 0 Å². The van der Waals surface area contributed by atoms with Crippen LogP contribution in [0, 0.1) is 17.8 Å². The molecule has 0 radical (unpaired) electrons. The highest BCUT2D eigenvalue weighted by Crippen LogP contribution is 2.42. The second kappa shape index (κ2) is 9.20. The van der Waals surface area contributed by atoms with Crippen LogP contribution in [-0.4, -0.2) is 36.7 Å². The van der Waals surface area contributed by atoms with Crippen LogP contribution in [0.2, 0.25) is 0 Å². The topological polar surface area (TPSA) is 38.8 Å². The fraction of sp³-hybridized carbons (Fsp3) is 0.593. The number of carbonyl (C=O) groups is 1. The van der Waals surface area contributed by atoms with Gasteiger partial charge in [0.1, 0.15) is 5.75 Å². The fourth-order valence-corrected chi connectivity index (χ4v) is 6.10. The molecule has 0 N–H and O–H groups in total. The molecule has 31 heavy (non-hydrogen) atoms. The Labute approximate surface area is 185 Å². The van der Waals surface area contributed by atoms with Gasteiger partial charge < -0.3 is 9.47 Å². The van der Waals surface area contributed by atoms with Crippen molar-refractivity contribution in [2.45, 2.75) is 64.5 Å². The zero-order chi connectivity index (χ0) is 21.2. The van der Waals surface area contributed by atoms with Crippen LogP contribution >= 0.6 is 0 Å². The predicted octanol–water partition coefficient (Wildman–Crippen LogP) is 5.57. The molecule has 2 atom stereocenters. The molecule has 0 amide bonds. The zero-order valence-corrected chi connectivity index (χ0v) is 18.7. The van der Waals surface area contributed by atoms with Crippen molar-refractivity contribution in [1.29, 1.82) is 0 Å². The summed E-state index contributed by atoms with van der Waals surface area (Å²) in [7, 11) is 0. The summed E-state index contributed by atoms with van der Waals surface area (Å²) in [5.41, 5.74) is 1.37. The minimum Gasteiger partial charge on any atom is -0.490 e. The van der Waals surface area contributed by atoms with Gasteiger partial charge in [0.05, 0.1) is 18.6 Å². The Balaban J connectivity index is 1.22. The van der Waals surface area contributed by atoms with Gasteiger partial charge in [0.2, 0.25) is 0 Å². The number of nitrogens with zero attached hydrogens (tertiary/aromatic N) is 1. The average molecular weight is 422 g/mol. The summed E-state index contributed by atoms with van der Waals surface area (Å²) in [5.74, 6) is 2.47. The summed E-state index contributed by atoms with van der Waals surface area (Å²) in [6.45, 7) is 5.57. The van der Waals surface area contributed by atoms with E-state index in [1.165, 1.54) is 48.4 Å². The van der Waals surface area contributed by atoms with Crippen LogP contribution in [0.15, 0.2) is 36.4 Å². The first-order valence-electron chi connectivity index (χ1n) is 12.3. The molecule has 166 valence electrons. The third-order valence-electron chi connectivity index (χ3n) is 7.60. The van der Waals surface area contributed by atoms with Crippen LogP contribution in [0.3, 0.4) is 0 Å². The fourth-order valence-electron chi connectivity index (χ4n) is 6.10. The second-order valence-electron chi connectivity index (χ2n) is 9.82. The number of benzene rings is 2. The number of hydrogen-bond acceptors (Lipinski definition) is 4. The Morgan fingerprint density at radius 3 is 2.55 bits per heavy atom. The van der Waals surface area contributed by atoms with Gasteiger partial charge in [-0.3, -0.25) is 9.69 Å². The van der Waals surface area contributed by atoms with Gasteiger partial charge in [0, 0.05) is 25.0 Å². The maximum atomic E-state index is 12.1. The molecule has 1 saturated heterocycles. The van der Waals surface area contributed by atoms with Gasteiger partial charge >= 0.3 is 5.97 Å². The summed E-state index contributed by atoms with van der Waals surface area (Å²) in [6.07, 6.45) is 8.67. The Kier molecular flexibility index (Phi) is 6.17. The van der Waals surface area contributed by atoms with Crippen LogP contribution in [-0.2, 0) is 16.1 Å². The predicted molar refractivity (Wildman–Crippen MR) is 123 cm³/mol. The lowest BCUT2D eigenvalue weighted by Gasteiger charge is -2.24. The third kappa shape index (κ3) is 4.59. The van der Waals surface area contributed by atoms with Gasteiger partial charge in [0.25, 0.3) is 0 Å². The van der Waals surface area contributed by atoms with E-state index < -0.39 is 0 Å². The highest BCUT2D eigenvalue weighted by Gasteiger charge is 2.43. The van der Waals surface area contributed by atoms with Crippen LogP contribution in [0.1, 0.15) is 57.4 Å². The molecule has 2 aromatic rings. The number of rotatable bonds is 6. The molecule has 0 bridgehead atoms. The monoisotopic (exact) mass is 421 g/mol. The minimum atomic E-state index is 0.0178. The molecule has 3 aliphatic rings. The quantitative estimate of drug-likeness (QED) is 0.572. The first kappa shape index (κ1) is 20.8. The van der Waals surface area contributed by atoms with Crippen molar-refractivity contribution >= 4 is 16.7 Å². The van der Waals surface area contributed by atoms with Crippen molar-refractivity contribution in [2.24, 2.45) is 17.8 Å². The lowest BCUT2D eigenvalue weighted by Crippen LogP contribution is -2.24. The number of fused-ring (bicyclic) bond motifs is 2. The standard InChI is InChI=1S/C27H35NO3/c1-2-30-27(29)21-14-22-17-28(18-23(22)15-21)16-19-11-12-25-20(13-19)7-6-10-26(25)31-24-8-4-3-5-9-24/h6-7,10-13,21-24H,2-5,8-9,14-18H2,1H3. The smallest absolute Gasteiger partial charge is 0.308 e. The van der Waals surface area contributed by atoms with E-state index in [-0.39, 0.29) is 11.9 Å². The average Bonchev–Trinajstić information content (AvgIpc) is 3.33. The van der Waals surface area contributed by atoms with Crippen molar-refractivity contribution in [2.75, 3.05) is 19.7 Å². The van der Waals surface area contributed by atoms with Crippen LogP contribution in [0.25, 0.3) is 10.8 Å². The maximum absolute atomic E-state index is 12.1. The Hall–Kier alpha value is -2.07. The molecule has 0 spiro atoms. The Bertz CT molecular complexity index is 906. The van der Waals surface area contributed by atoms with Gasteiger partial charge in [0.15, 0.2) is 0 Å².